The fourth-order valence-electron chi connectivity index (χ4n) is 2.72. The molecule has 0 spiro atoms. The second kappa shape index (κ2) is 8.01. The fraction of sp³-hybridized carbons (Fsp3) is 0.625. The van der Waals surface area contributed by atoms with Crippen LogP contribution in [0.2, 0.25) is 0 Å². The molecule has 4 heteroatoms. The van der Waals surface area contributed by atoms with Crippen LogP contribution < -0.4 is 5.32 Å². The van der Waals surface area contributed by atoms with Gasteiger partial charge >= 0.3 is 0 Å². The Bertz CT molecular complexity index is 421. The molecule has 0 aliphatic carbocycles. The molecular weight excluding hydrogens is 271 g/mol. The fourth-order valence-corrected chi connectivity index (χ4v) is 3.86. The molecule has 0 saturated carbocycles. The van der Waals surface area contributed by atoms with Crippen molar-refractivity contribution in [3.63, 3.8) is 0 Å². The molecule has 0 radical (unpaired) electrons. The smallest absolute Gasteiger partial charge is 0.137 e. The van der Waals surface area contributed by atoms with Crippen molar-refractivity contribution < 1.29 is 4.39 Å². The second-order valence-electron chi connectivity index (χ2n) is 5.18. The maximum atomic E-state index is 13.8. The van der Waals surface area contributed by atoms with Crippen LogP contribution in [0.25, 0.3) is 0 Å². The van der Waals surface area contributed by atoms with Crippen LogP contribution in [0, 0.1) is 5.82 Å². The van der Waals surface area contributed by atoms with Crippen molar-refractivity contribution in [3.8, 4) is 0 Å². The Morgan fingerprint density at radius 1 is 1.35 bits per heavy atom. The minimum atomic E-state index is -0.0675. The van der Waals surface area contributed by atoms with Crippen LogP contribution in [0.5, 0.6) is 0 Å². The predicted octanol–water partition coefficient (Wildman–Crippen LogP) is 3.68. The first-order valence-corrected chi connectivity index (χ1v) is 8.61. The van der Waals surface area contributed by atoms with E-state index in [-0.39, 0.29) is 5.82 Å². The van der Waals surface area contributed by atoms with Crippen LogP contribution in [-0.2, 0) is 0 Å². The largest absolute Gasteiger partial charge is 0.310 e. The zero-order valence-corrected chi connectivity index (χ0v) is 13.3. The van der Waals surface area contributed by atoms with Gasteiger partial charge in [-0.2, -0.15) is 0 Å². The molecule has 1 heterocycles. The average molecular weight is 296 g/mol. The monoisotopic (exact) mass is 296 g/mol. The summed E-state index contributed by atoms with van der Waals surface area (Å²) < 4.78 is 13.8. The van der Waals surface area contributed by atoms with Crippen molar-refractivity contribution >= 4 is 11.8 Å². The number of nitrogens with one attached hydrogen (secondary N) is 1. The minimum absolute atomic E-state index is 0.0675. The summed E-state index contributed by atoms with van der Waals surface area (Å²) in [5, 5.41) is 3.60. The molecule has 2 rings (SSSR count). The van der Waals surface area contributed by atoms with Gasteiger partial charge < -0.3 is 10.2 Å². The highest BCUT2D eigenvalue weighted by Gasteiger charge is 2.22. The van der Waals surface area contributed by atoms with Crippen LogP contribution in [0.1, 0.15) is 38.3 Å². The molecule has 1 N–H and O–H groups in total. The highest BCUT2D eigenvalue weighted by molar-refractivity contribution is 7.99. The molecule has 0 aromatic heterocycles. The van der Waals surface area contributed by atoms with Gasteiger partial charge in [-0.05, 0) is 56.4 Å². The predicted molar refractivity (Wildman–Crippen MR) is 84.9 cm³/mol. The molecule has 1 unspecified atom stereocenters. The zero-order chi connectivity index (χ0) is 14.4. The minimum Gasteiger partial charge on any atom is -0.310 e. The third-order valence-corrected chi connectivity index (χ3v) is 5.12. The third-order valence-electron chi connectivity index (χ3n) is 3.96. The van der Waals surface area contributed by atoms with E-state index in [9.17, 15) is 4.39 Å². The quantitative estimate of drug-likeness (QED) is 0.773. The van der Waals surface area contributed by atoms with Crippen molar-refractivity contribution in [2.75, 3.05) is 31.9 Å². The van der Waals surface area contributed by atoms with E-state index in [1.807, 2.05) is 6.07 Å². The van der Waals surface area contributed by atoms with Crippen molar-refractivity contribution in [2.24, 2.45) is 0 Å². The molecule has 1 aliphatic rings. The van der Waals surface area contributed by atoms with E-state index in [1.165, 1.54) is 0 Å². The Morgan fingerprint density at radius 2 is 2.15 bits per heavy atom. The molecule has 1 aromatic carbocycles. The van der Waals surface area contributed by atoms with Crippen LogP contribution in [0.15, 0.2) is 23.1 Å². The molecule has 0 bridgehead atoms. The van der Waals surface area contributed by atoms with Crippen molar-refractivity contribution in [1.82, 2.24) is 10.2 Å². The number of thioether (sulfide) groups is 1. The Hall–Kier alpha value is -0.580. The number of rotatable bonds is 7. The van der Waals surface area contributed by atoms with Crippen LogP contribution >= 0.6 is 11.8 Å². The molecule has 1 atom stereocenters. The van der Waals surface area contributed by atoms with E-state index in [2.05, 4.69) is 30.1 Å². The molecule has 2 nitrogen and oxygen atoms in total. The molecule has 112 valence electrons. The lowest BCUT2D eigenvalue weighted by atomic mass is 10.0. The first-order valence-electron chi connectivity index (χ1n) is 7.63. The van der Waals surface area contributed by atoms with Gasteiger partial charge in [-0.25, -0.2) is 4.39 Å². The van der Waals surface area contributed by atoms with Crippen LogP contribution in [-0.4, -0.2) is 36.8 Å². The summed E-state index contributed by atoms with van der Waals surface area (Å²) in [7, 11) is 0. The van der Waals surface area contributed by atoms with Gasteiger partial charge in [0, 0.05) is 10.9 Å². The normalized spacial score (nSPS) is 18.3. The maximum absolute atomic E-state index is 13.8. The van der Waals surface area contributed by atoms with Gasteiger partial charge in [-0.3, -0.25) is 0 Å². The summed E-state index contributed by atoms with van der Waals surface area (Å²) in [6.07, 6.45) is 2.24. The number of halogens is 1. The standard InChI is InChI=1S/C16H25FN2S/c1-3-19(4-2)11-6-10-18-15-9-12-20-16-13(15)7-5-8-14(16)17/h5,7-8,15,18H,3-4,6,9-12H2,1-2H3. The van der Waals surface area contributed by atoms with Crippen molar-refractivity contribution in [1.29, 1.82) is 0 Å². The zero-order valence-electron chi connectivity index (χ0n) is 12.5. The van der Waals surface area contributed by atoms with Crippen molar-refractivity contribution in [2.45, 2.75) is 37.6 Å². The molecule has 0 amide bonds. The van der Waals surface area contributed by atoms with Crippen molar-refractivity contribution in [3.05, 3.63) is 29.6 Å². The number of hydrogen-bond acceptors (Lipinski definition) is 3. The van der Waals surface area contributed by atoms with Gasteiger partial charge in [-0.1, -0.05) is 26.0 Å². The van der Waals surface area contributed by atoms with Gasteiger partial charge in [0.15, 0.2) is 0 Å². The summed E-state index contributed by atoms with van der Waals surface area (Å²) in [6.45, 7) is 8.77. The Morgan fingerprint density at radius 3 is 2.90 bits per heavy atom. The van der Waals surface area contributed by atoms with E-state index < -0.39 is 0 Å². The van der Waals surface area contributed by atoms with E-state index in [0.717, 1.165) is 55.2 Å². The average Bonchev–Trinajstić information content (AvgIpc) is 2.48. The molecule has 20 heavy (non-hydrogen) atoms. The van der Waals surface area contributed by atoms with Gasteiger partial charge in [0.2, 0.25) is 0 Å². The maximum Gasteiger partial charge on any atom is 0.137 e. The van der Waals surface area contributed by atoms with Gasteiger partial charge in [0.05, 0.1) is 0 Å². The molecule has 0 fully saturated rings. The highest BCUT2D eigenvalue weighted by Crippen LogP contribution is 2.37. The second-order valence-corrected chi connectivity index (χ2v) is 6.29. The summed E-state index contributed by atoms with van der Waals surface area (Å²) in [6, 6.07) is 5.77. The third kappa shape index (κ3) is 3.96. The number of fused-ring (bicyclic) bond motifs is 1. The summed E-state index contributed by atoms with van der Waals surface area (Å²) in [4.78, 5) is 3.28. The van der Waals surface area contributed by atoms with Crippen LogP contribution in [0.4, 0.5) is 4.39 Å². The van der Waals surface area contributed by atoms with E-state index in [4.69, 9.17) is 0 Å². The summed E-state index contributed by atoms with van der Waals surface area (Å²) in [5.41, 5.74) is 1.14. The van der Waals surface area contributed by atoms with Gasteiger partial charge in [0.25, 0.3) is 0 Å². The molecule has 1 aromatic rings. The first-order chi connectivity index (χ1) is 9.76. The van der Waals surface area contributed by atoms with Gasteiger partial charge in [0.1, 0.15) is 5.82 Å². The molecular formula is C16H25FN2S. The topological polar surface area (TPSA) is 15.3 Å². The van der Waals surface area contributed by atoms with Crippen LogP contribution in [0.3, 0.4) is 0 Å². The molecule has 1 aliphatic heterocycles. The first kappa shape index (κ1) is 15.8. The number of nitrogens with zero attached hydrogens (tertiary/aromatic N) is 1. The Labute approximate surface area is 126 Å². The molecule has 0 saturated heterocycles. The number of hydrogen-bond donors (Lipinski definition) is 1. The lowest BCUT2D eigenvalue weighted by molar-refractivity contribution is 0.295. The van der Waals surface area contributed by atoms with Gasteiger partial charge in [-0.15, -0.1) is 11.8 Å². The summed E-state index contributed by atoms with van der Waals surface area (Å²) in [5.74, 6) is 0.934. The SMILES string of the molecule is CCN(CC)CCCNC1CCSc2c(F)cccc21. The lowest BCUT2D eigenvalue weighted by Gasteiger charge is -2.27. The van der Waals surface area contributed by atoms with E-state index in [1.54, 1.807) is 17.8 Å². The van der Waals surface area contributed by atoms with E-state index >= 15 is 0 Å². The Kier molecular flexibility index (Phi) is 6.33. The summed E-state index contributed by atoms with van der Waals surface area (Å²) >= 11 is 1.65. The Balaban J connectivity index is 1.85. The highest BCUT2D eigenvalue weighted by atomic mass is 32.2. The lowest BCUT2D eigenvalue weighted by Crippen LogP contribution is -2.30. The van der Waals surface area contributed by atoms with E-state index in [0.29, 0.717) is 6.04 Å². The number of benzene rings is 1.